The van der Waals surface area contributed by atoms with E-state index in [1.165, 1.54) is 6.33 Å². The fourth-order valence-electron chi connectivity index (χ4n) is 2.91. The highest BCUT2D eigenvalue weighted by atomic mass is 16.2. The molecule has 3 heterocycles. The van der Waals surface area contributed by atoms with Crippen LogP contribution in [0.3, 0.4) is 0 Å². The molecular formula is C14H21N7O. The van der Waals surface area contributed by atoms with Crippen molar-refractivity contribution in [2.45, 2.75) is 44.8 Å². The molecule has 0 spiro atoms. The summed E-state index contributed by atoms with van der Waals surface area (Å²) >= 11 is 0. The van der Waals surface area contributed by atoms with Crippen LogP contribution < -0.4 is 5.32 Å². The molecule has 0 aromatic carbocycles. The highest BCUT2D eigenvalue weighted by Crippen LogP contribution is 2.30. The number of aromatic amines is 1. The van der Waals surface area contributed by atoms with Crippen molar-refractivity contribution in [3.63, 3.8) is 0 Å². The number of nitrogens with zero attached hydrogens (tertiary/aromatic N) is 5. The molecule has 2 atom stereocenters. The zero-order valence-corrected chi connectivity index (χ0v) is 12.6. The van der Waals surface area contributed by atoms with Gasteiger partial charge in [-0.3, -0.25) is 9.78 Å². The molecule has 118 valence electrons. The molecule has 0 bridgehead atoms. The van der Waals surface area contributed by atoms with Gasteiger partial charge in [-0.2, -0.15) is 10.2 Å². The van der Waals surface area contributed by atoms with Gasteiger partial charge in [0.15, 0.2) is 0 Å². The first kappa shape index (κ1) is 14.6. The van der Waals surface area contributed by atoms with Gasteiger partial charge < -0.3 is 10.2 Å². The second-order valence-corrected chi connectivity index (χ2v) is 5.70. The summed E-state index contributed by atoms with van der Waals surface area (Å²) in [5.74, 6) is 0. The van der Waals surface area contributed by atoms with Gasteiger partial charge >= 0.3 is 6.03 Å². The van der Waals surface area contributed by atoms with Gasteiger partial charge in [-0.1, -0.05) is 0 Å². The highest BCUT2D eigenvalue weighted by Gasteiger charge is 2.29. The topological polar surface area (TPSA) is 91.7 Å². The smallest absolute Gasteiger partial charge is 0.318 e. The van der Waals surface area contributed by atoms with Crippen LogP contribution in [0.15, 0.2) is 25.0 Å². The molecule has 2 aromatic rings. The van der Waals surface area contributed by atoms with Crippen LogP contribution in [0, 0.1) is 0 Å². The molecule has 1 saturated heterocycles. The molecule has 1 aliphatic heterocycles. The number of carbonyl (C=O) groups is 1. The van der Waals surface area contributed by atoms with Crippen LogP contribution in [0.1, 0.15) is 37.8 Å². The normalized spacial score (nSPS) is 19.9. The van der Waals surface area contributed by atoms with Crippen LogP contribution in [0.5, 0.6) is 0 Å². The molecule has 0 radical (unpaired) electrons. The fraction of sp³-hybridized carbons (Fsp3) is 0.571. The van der Waals surface area contributed by atoms with Crippen molar-refractivity contribution < 1.29 is 4.79 Å². The lowest BCUT2D eigenvalue weighted by molar-refractivity contribution is 0.148. The summed E-state index contributed by atoms with van der Waals surface area (Å²) < 4.78 is 1.72. The van der Waals surface area contributed by atoms with E-state index in [2.05, 4.69) is 25.6 Å². The minimum absolute atomic E-state index is 0.0128. The van der Waals surface area contributed by atoms with Gasteiger partial charge in [0.25, 0.3) is 0 Å². The number of hydrogen-bond acceptors (Lipinski definition) is 4. The molecule has 1 fully saturated rings. The van der Waals surface area contributed by atoms with E-state index < -0.39 is 0 Å². The number of piperidine rings is 1. The Morgan fingerprint density at radius 2 is 2.45 bits per heavy atom. The molecular weight excluding hydrogens is 282 g/mol. The Morgan fingerprint density at radius 1 is 1.55 bits per heavy atom. The molecule has 8 heteroatoms. The van der Waals surface area contributed by atoms with Crippen molar-refractivity contribution in [1.29, 1.82) is 0 Å². The van der Waals surface area contributed by atoms with Gasteiger partial charge in [-0.05, 0) is 26.2 Å². The molecule has 1 aliphatic rings. The Morgan fingerprint density at radius 3 is 3.18 bits per heavy atom. The first-order valence-electron chi connectivity index (χ1n) is 7.62. The number of likely N-dealkylation sites (tertiary alicyclic amines) is 1. The van der Waals surface area contributed by atoms with Crippen molar-refractivity contribution in [1.82, 2.24) is 35.2 Å². The number of hydrogen-bond donors (Lipinski definition) is 2. The average molecular weight is 303 g/mol. The monoisotopic (exact) mass is 303 g/mol. The molecule has 3 rings (SSSR count). The van der Waals surface area contributed by atoms with Crippen LogP contribution >= 0.6 is 0 Å². The summed E-state index contributed by atoms with van der Waals surface area (Å²) in [6.45, 7) is 3.35. The number of urea groups is 1. The van der Waals surface area contributed by atoms with Crippen LogP contribution in [-0.2, 0) is 6.54 Å². The number of amides is 2. The zero-order chi connectivity index (χ0) is 15.4. The van der Waals surface area contributed by atoms with Crippen LogP contribution in [0.25, 0.3) is 0 Å². The molecule has 8 nitrogen and oxygen atoms in total. The third-order valence-corrected chi connectivity index (χ3v) is 3.97. The van der Waals surface area contributed by atoms with Crippen molar-refractivity contribution in [3.05, 3.63) is 30.6 Å². The number of nitrogens with one attached hydrogen (secondary N) is 2. The Labute approximate surface area is 128 Å². The molecule has 0 aliphatic carbocycles. The molecule has 2 unspecified atom stereocenters. The largest absolute Gasteiger partial charge is 0.334 e. The standard InChI is InChI=1S/C14H21N7O/c1-11(8-20-10-15-9-18-20)19-14(22)21-5-3-2-4-13(21)12-6-16-17-7-12/h6-7,9-11,13H,2-5,8H2,1H3,(H,16,17)(H,19,22). The molecule has 2 aromatic heterocycles. The Balaban J connectivity index is 1.62. The van der Waals surface area contributed by atoms with E-state index in [1.807, 2.05) is 18.0 Å². The van der Waals surface area contributed by atoms with E-state index in [1.54, 1.807) is 17.2 Å². The third-order valence-electron chi connectivity index (χ3n) is 3.97. The van der Waals surface area contributed by atoms with Gasteiger partial charge in [0.05, 0.1) is 18.8 Å². The molecule has 0 saturated carbocycles. The quantitative estimate of drug-likeness (QED) is 0.891. The number of H-pyrrole nitrogens is 1. The minimum atomic E-state index is -0.0292. The van der Waals surface area contributed by atoms with E-state index in [-0.39, 0.29) is 18.1 Å². The fourth-order valence-corrected chi connectivity index (χ4v) is 2.91. The molecule has 2 amide bonds. The number of carbonyl (C=O) groups excluding carboxylic acids is 1. The maximum absolute atomic E-state index is 12.6. The maximum Gasteiger partial charge on any atom is 0.318 e. The van der Waals surface area contributed by atoms with Crippen molar-refractivity contribution in [2.24, 2.45) is 0 Å². The lowest BCUT2D eigenvalue weighted by atomic mass is 9.98. The van der Waals surface area contributed by atoms with Crippen LogP contribution in [0.4, 0.5) is 4.79 Å². The molecule has 2 N–H and O–H groups in total. The Bertz CT molecular complexity index is 580. The van der Waals surface area contributed by atoms with Crippen molar-refractivity contribution >= 4 is 6.03 Å². The summed E-state index contributed by atoms with van der Waals surface area (Å²) in [6, 6.07) is 0.0608. The Hall–Kier alpha value is -2.38. The summed E-state index contributed by atoms with van der Waals surface area (Å²) in [7, 11) is 0. The summed E-state index contributed by atoms with van der Waals surface area (Å²) in [5, 5.41) is 13.9. The second-order valence-electron chi connectivity index (χ2n) is 5.70. The van der Waals surface area contributed by atoms with E-state index in [9.17, 15) is 4.79 Å². The van der Waals surface area contributed by atoms with Gasteiger partial charge in [-0.15, -0.1) is 0 Å². The summed E-state index contributed by atoms with van der Waals surface area (Å²) in [4.78, 5) is 18.4. The minimum Gasteiger partial charge on any atom is -0.334 e. The first-order chi connectivity index (χ1) is 10.7. The van der Waals surface area contributed by atoms with Gasteiger partial charge in [0, 0.05) is 24.3 Å². The van der Waals surface area contributed by atoms with Gasteiger partial charge in [0.1, 0.15) is 12.7 Å². The van der Waals surface area contributed by atoms with Crippen molar-refractivity contribution in [3.8, 4) is 0 Å². The summed E-state index contributed by atoms with van der Waals surface area (Å²) in [5.41, 5.74) is 1.07. The predicted octanol–water partition coefficient (Wildman–Crippen LogP) is 1.33. The predicted molar refractivity (Wildman–Crippen MR) is 79.9 cm³/mol. The lowest BCUT2D eigenvalue weighted by Crippen LogP contribution is -2.48. The maximum atomic E-state index is 12.6. The first-order valence-corrected chi connectivity index (χ1v) is 7.62. The van der Waals surface area contributed by atoms with Crippen molar-refractivity contribution in [2.75, 3.05) is 6.54 Å². The second kappa shape index (κ2) is 6.59. The van der Waals surface area contributed by atoms with Gasteiger partial charge in [-0.25, -0.2) is 9.78 Å². The Kier molecular flexibility index (Phi) is 4.36. The zero-order valence-electron chi connectivity index (χ0n) is 12.6. The molecule has 22 heavy (non-hydrogen) atoms. The lowest BCUT2D eigenvalue weighted by Gasteiger charge is -2.36. The van der Waals surface area contributed by atoms with E-state index in [0.29, 0.717) is 6.54 Å². The van der Waals surface area contributed by atoms with Crippen LogP contribution in [0.2, 0.25) is 0 Å². The van der Waals surface area contributed by atoms with E-state index in [0.717, 1.165) is 31.4 Å². The highest BCUT2D eigenvalue weighted by molar-refractivity contribution is 5.75. The summed E-state index contributed by atoms with van der Waals surface area (Å²) in [6.07, 6.45) is 9.97. The van der Waals surface area contributed by atoms with E-state index in [4.69, 9.17) is 0 Å². The van der Waals surface area contributed by atoms with Gasteiger partial charge in [0.2, 0.25) is 0 Å². The third kappa shape index (κ3) is 3.26. The average Bonchev–Trinajstić information content (AvgIpc) is 3.20. The number of rotatable bonds is 4. The SMILES string of the molecule is CC(Cn1cncn1)NC(=O)N1CCCCC1c1cn[nH]c1. The van der Waals surface area contributed by atoms with E-state index >= 15 is 0 Å². The van der Waals surface area contributed by atoms with Crippen LogP contribution in [-0.4, -0.2) is 48.5 Å². The number of aromatic nitrogens is 5.